The number of ether oxygens (including phenoxy) is 2. The van der Waals surface area contributed by atoms with E-state index in [2.05, 4.69) is 5.32 Å². The van der Waals surface area contributed by atoms with Crippen LogP contribution in [0.5, 0.6) is 0 Å². The minimum atomic E-state index is -0.422. The molecule has 62 valence electrons. The summed E-state index contributed by atoms with van der Waals surface area (Å²) in [6, 6.07) is 0. The lowest BCUT2D eigenvalue weighted by Crippen LogP contribution is -2.37. The fourth-order valence-corrected chi connectivity index (χ4v) is 0.530. The minimum Gasteiger partial charge on any atom is -0.392 e. The average Bonchev–Trinajstić information content (AvgIpc) is 1.90. The van der Waals surface area contributed by atoms with Gasteiger partial charge in [0.2, 0.25) is 6.41 Å². The first-order chi connectivity index (χ1) is 4.70. The van der Waals surface area contributed by atoms with Gasteiger partial charge in [-0.25, -0.2) is 0 Å². The highest BCUT2D eigenvalue weighted by Crippen LogP contribution is 1.85. The molecule has 0 rings (SSSR count). The Bertz CT molecular complexity index is 73.4. The molecule has 0 aliphatic rings. The van der Waals surface area contributed by atoms with Gasteiger partial charge in [0.15, 0.2) is 0 Å². The van der Waals surface area contributed by atoms with E-state index in [9.17, 15) is 0 Å². The summed E-state index contributed by atoms with van der Waals surface area (Å²) in [6.45, 7) is 2.15. The first-order valence-corrected chi connectivity index (χ1v) is 3.17. The van der Waals surface area contributed by atoms with Crippen molar-refractivity contribution in [2.45, 2.75) is 19.4 Å². The highest BCUT2D eigenvalue weighted by molar-refractivity contribution is 4.50. The van der Waals surface area contributed by atoms with Gasteiger partial charge in [-0.2, -0.15) is 0 Å². The number of hydrogen-bond acceptors (Lipinski definition) is 4. The second-order valence-electron chi connectivity index (χ2n) is 2.06. The van der Waals surface area contributed by atoms with Gasteiger partial charge >= 0.3 is 0 Å². The van der Waals surface area contributed by atoms with Gasteiger partial charge in [-0.3, -0.25) is 5.32 Å². The largest absolute Gasteiger partial charge is 0.392 e. The van der Waals surface area contributed by atoms with E-state index >= 15 is 0 Å². The zero-order chi connectivity index (χ0) is 7.98. The van der Waals surface area contributed by atoms with Crippen LogP contribution in [0, 0.1) is 0 Å². The molecule has 0 saturated carbocycles. The summed E-state index contributed by atoms with van der Waals surface area (Å²) in [5.41, 5.74) is 0. The lowest BCUT2D eigenvalue weighted by Gasteiger charge is -2.15. The molecule has 0 amide bonds. The predicted molar refractivity (Wildman–Crippen MR) is 37.5 cm³/mol. The fourth-order valence-electron chi connectivity index (χ4n) is 0.530. The molecule has 0 unspecified atom stereocenters. The van der Waals surface area contributed by atoms with E-state index in [0.717, 1.165) is 0 Å². The molecule has 0 spiro atoms. The van der Waals surface area contributed by atoms with Crippen molar-refractivity contribution in [2.24, 2.45) is 0 Å². The van der Waals surface area contributed by atoms with E-state index in [1.54, 1.807) is 6.92 Å². The van der Waals surface area contributed by atoms with E-state index in [4.69, 9.17) is 14.6 Å². The molecule has 2 N–H and O–H groups in total. The summed E-state index contributed by atoms with van der Waals surface area (Å²) in [7, 11) is 3.06. The molecular weight excluding hydrogens is 134 g/mol. The number of hydrogen-bond donors (Lipinski definition) is 2. The molecule has 10 heavy (non-hydrogen) atoms. The quantitative estimate of drug-likeness (QED) is 0.519. The molecule has 4 heteroatoms. The second-order valence-corrected chi connectivity index (χ2v) is 2.06. The number of rotatable bonds is 5. The van der Waals surface area contributed by atoms with E-state index < -0.39 is 6.41 Å². The van der Waals surface area contributed by atoms with Crippen molar-refractivity contribution < 1.29 is 14.6 Å². The van der Waals surface area contributed by atoms with Crippen molar-refractivity contribution in [3.8, 4) is 0 Å². The van der Waals surface area contributed by atoms with E-state index in [1.165, 1.54) is 14.2 Å². The van der Waals surface area contributed by atoms with Crippen LogP contribution < -0.4 is 5.32 Å². The minimum absolute atomic E-state index is 0.382. The highest BCUT2D eigenvalue weighted by atomic mass is 16.7. The van der Waals surface area contributed by atoms with Crippen LogP contribution in [-0.4, -0.2) is 38.4 Å². The first kappa shape index (κ1) is 9.84. The molecule has 1 atom stereocenters. The van der Waals surface area contributed by atoms with Crippen LogP contribution in [0.3, 0.4) is 0 Å². The van der Waals surface area contributed by atoms with Crippen LogP contribution in [0.2, 0.25) is 0 Å². The SMILES string of the molecule is COC(NC[C@@H](C)O)OC. The number of aliphatic hydroxyl groups excluding tert-OH is 1. The summed E-state index contributed by atoms with van der Waals surface area (Å²) in [4.78, 5) is 0. The molecule has 0 aliphatic carbocycles. The van der Waals surface area contributed by atoms with Gasteiger partial charge in [0.1, 0.15) is 0 Å². The smallest absolute Gasteiger partial charge is 0.215 e. The van der Waals surface area contributed by atoms with Gasteiger partial charge in [0.25, 0.3) is 0 Å². The summed E-state index contributed by atoms with van der Waals surface area (Å²) in [5.74, 6) is 0. The second kappa shape index (κ2) is 5.61. The molecule has 0 saturated heterocycles. The van der Waals surface area contributed by atoms with Crippen molar-refractivity contribution in [1.82, 2.24) is 5.32 Å². The summed E-state index contributed by atoms with van der Waals surface area (Å²) in [6.07, 6.45) is -0.803. The van der Waals surface area contributed by atoms with Gasteiger partial charge in [-0.05, 0) is 6.92 Å². The molecule has 0 aromatic carbocycles. The van der Waals surface area contributed by atoms with Gasteiger partial charge in [0.05, 0.1) is 6.10 Å². The zero-order valence-electron chi connectivity index (χ0n) is 6.63. The van der Waals surface area contributed by atoms with Crippen LogP contribution in [-0.2, 0) is 9.47 Å². The van der Waals surface area contributed by atoms with Gasteiger partial charge in [0, 0.05) is 20.8 Å². The molecule has 0 fully saturated rings. The Balaban J connectivity index is 3.26. The summed E-state index contributed by atoms with van der Waals surface area (Å²) in [5, 5.41) is 11.6. The van der Waals surface area contributed by atoms with Gasteiger partial charge in [-0.1, -0.05) is 0 Å². The van der Waals surface area contributed by atoms with Crippen LogP contribution in [0.15, 0.2) is 0 Å². The maximum atomic E-state index is 8.82. The number of aliphatic hydroxyl groups is 1. The molecule has 0 bridgehead atoms. The van der Waals surface area contributed by atoms with Gasteiger partial charge in [-0.15, -0.1) is 0 Å². The van der Waals surface area contributed by atoms with Crippen molar-refractivity contribution in [3.63, 3.8) is 0 Å². The van der Waals surface area contributed by atoms with Crippen LogP contribution >= 0.6 is 0 Å². The van der Waals surface area contributed by atoms with Crippen molar-refractivity contribution in [3.05, 3.63) is 0 Å². The topological polar surface area (TPSA) is 50.7 Å². The maximum Gasteiger partial charge on any atom is 0.215 e. The van der Waals surface area contributed by atoms with E-state index in [0.29, 0.717) is 6.54 Å². The summed E-state index contributed by atoms with van der Waals surface area (Å²) < 4.78 is 9.61. The van der Waals surface area contributed by atoms with E-state index in [1.807, 2.05) is 0 Å². The van der Waals surface area contributed by atoms with Crippen molar-refractivity contribution >= 4 is 0 Å². The molecule has 0 aromatic heterocycles. The Labute approximate surface area is 61.1 Å². The Morgan fingerprint density at radius 3 is 2.20 bits per heavy atom. The lowest BCUT2D eigenvalue weighted by atomic mass is 10.4. The first-order valence-electron chi connectivity index (χ1n) is 3.17. The molecule has 0 radical (unpaired) electrons. The third-order valence-electron chi connectivity index (χ3n) is 1.01. The van der Waals surface area contributed by atoms with Crippen molar-refractivity contribution in [1.29, 1.82) is 0 Å². The highest BCUT2D eigenvalue weighted by Gasteiger charge is 2.03. The fraction of sp³-hybridized carbons (Fsp3) is 1.00. The Morgan fingerprint density at radius 2 is 1.90 bits per heavy atom. The molecule has 4 nitrogen and oxygen atoms in total. The van der Waals surface area contributed by atoms with Crippen LogP contribution in [0.1, 0.15) is 6.92 Å². The third-order valence-corrected chi connectivity index (χ3v) is 1.01. The Morgan fingerprint density at radius 1 is 1.40 bits per heavy atom. The average molecular weight is 149 g/mol. The number of methoxy groups -OCH3 is 2. The van der Waals surface area contributed by atoms with Crippen LogP contribution in [0.4, 0.5) is 0 Å². The molecular formula is C6H15NO3. The predicted octanol–water partition coefficient (Wildman–Crippen LogP) is -0.467. The van der Waals surface area contributed by atoms with E-state index in [-0.39, 0.29) is 6.10 Å². The lowest BCUT2D eigenvalue weighted by molar-refractivity contribution is -0.126. The summed E-state index contributed by atoms with van der Waals surface area (Å²) >= 11 is 0. The maximum absolute atomic E-state index is 8.82. The standard InChI is InChI=1S/C6H15NO3/c1-5(8)4-7-6(9-2)10-3/h5-8H,4H2,1-3H3/t5-/m1/s1. The third kappa shape index (κ3) is 4.69. The Kier molecular flexibility index (Phi) is 5.52. The van der Waals surface area contributed by atoms with Crippen molar-refractivity contribution in [2.75, 3.05) is 20.8 Å². The molecule has 0 aromatic rings. The number of nitrogens with one attached hydrogen (secondary N) is 1. The van der Waals surface area contributed by atoms with Gasteiger partial charge < -0.3 is 14.6 Å². The zero-order valence-corrected chi connectivity index (χ0v) is 6.63. The monoisotopic (exact) mass is 149 g/mol. The molecule has 0 heterocycles. The Hall–Kier alpha value is -0.160. The van der Waals surface area contributed by atoms with Crippen LogP contribution in [0.25, 0.3) is 0 Å². The normalized spacial score (nSPS) is 14.1. The molecule has 0 aliphatic heterocycles.